The fraction of sp³-hybridized carbons (Fsp3) is 0.406. The van der Waals surface area contributed by atoms with Crippen molar-refractivity contribution in [3.63, 3.8) is 0 Å². The SMILES string of the molecule is O=C(O)CCCN1C(=O)C2C3CC(C2C1=O)C1C3Sc2[nH]c(=O)sc2[C@@H]1c1cc(Br)ccc1OCC(=O)Nc1cccc(C(F)(F)F)c1. The number of thiazole rings is 1. The highest BCUT2D eigenvalue weighted by Gasteiger charge is 2.69. The van der Waals surface area contributed by atoms with Crippen molar-refractivity contribution in [2.24, 2.45) is 29.6 Å². The van der Waals surface area contributed by atoms with Crippen LogP contribution in [0, 0.1) is 29.6 Å². The lowest BCUT2D eigenvalue weighted by Gasteiger charge is -2.43. The number of carboxylic acid groups (broad SMARTS) is 1. The van der Waals surface area contributed by atoms with Crippen molar-refractivity contribution in [2.75, 3.05) is 18.5 Å². The zero-order valence-electron chi connectivity index (χ0n) is 24.8. The second-order valence-corrected chi connectivity index (χ2v) is 15.5. The average Bonchev–Trinajstić information content (AvgIpc) is 3.76. The number of thioether (sulfide) groups is 1. The highest BCUT2D eigenvalue weighted by Crippen LogP contribution is 2.69. The minimum Gasteiger partial charge on any atom is -0.483 e. The van der Waals surface area contributed by atoms with E-state index in [4.69, 9.17) is 9.84 Å². The van der Waals surface area contributed by atoms with Gasteiger partial charge in [-0.05, 0) is 67.0 Å². The minimum absolute atomic E-state index is 0.0346. The predicted molar refractivity (Wildman–Crippen MR) is 172 cm³/mol. The van der Waals surface area contributed by atoms with Gasteiger partial charge in [0.15, 0.2) is 6.61 Å². The van der Waals surface area contributed by atoms with E-state index in [0.717, 1.165) is 28.3 Å². The zero-order chi connectivity index (χ0) is 34.1. The number of hydrogen-bond donors (Lipinski definition) is 3. The summed E-state index contributed by atoms with van der Waals surface area (Å²) in [6.45, 7) is -0.457. The van der Waals surface area contributed by atoms with Crippen LogP contribution in [0.2, 0.25) is 0 Å². The van der Waals surface area contributed by atoms with Crippen molar-refractivity contribution in [1.82, 2.24) is 9.88 Å². The number of nitrogens with one attached hydrogen (secondary N) is 2. The number of H-pyrrole nitrogens is 1. The summed E-state index contributed by atoms with van der Waals surface area (Å²) < 4.78 is 46.2. The Hall–Kier alpha value is -3.63. The summed E-state index contributed by atoms with van der Waals surface area (Å²) in [6, 6.07) is 9.53. The highest BCUT2D eigenvalue weighted by molar-refractivity contribution is 9.10. The Bertz CT molecular complexity index is 1900. The molecule has 2 bridgehead atoms. The number of amides is 3. The van der Waals surface area contributed by atoms with E-state index >= 15 is 0 Å². The first-order valence-corrected chi connectivity index (χ1v) is 17.7. The number of carbonyl (C=O) groups is 4. The van der Waals surface area contributed by atoms with Gasteiger partial charge in [-0.15, -0.1) is 11.8 Å². The molecular weight excluding hydrogens is 739 g/mol. The van der Waals surface area contributed by atoms with Crippen LogP contribution in [0.1, 0.15) is 41.2 Å². The summed E-state index contributed by atoms with van der Waals surface area (Å²) in [5.74, 6) is -3.85. The Kier molecular flexibility index (Phi) is 8.47. The molecule has 3 N–H and O–H groups in total. The van der Waals surface area contributed by atoms with E-state index in [0.29, 0.717) is 27.2 Å². The lowest BCUT2D eigenvalue weighted by Crippen LogP contribution is -2.42. The quantitative estimate of drug-likeness (QED) is 0.240. The van der Waals surface area contributed by atoms with Crippen LogP contribution >= 0.6 is 39.0 Å². The molecule has 2 saturated carbocycles. The van der Waals surface area contributed by atoms with Crippen LogP contribution in [-0.2, 0) is 25.4 Å². The molecule has 3 fully saturated rings. The largest absolute Gasteiger partial charge is 0.483 e. The molecule has 3 aromatic rings. The van der Waals surface area contributed by atoms with Crippen LogP contribution in [-0.4, -0.2) is 57.1 Å². The number of alkyl halides is 3. The van der Waals surface area contributed by atoms with Crippen molar-refractivity contribution in [2.45, 2.75) is 41.6 Å². The number of carboxylic acids is 1. The topological polar surface area (TPSA) is 146 Å². The molecule has 48 heavy (non-hydrogen) atoms. The molecule has 6 unspecified atom stereocenters. The first-order valence-electron chi connectivity index (χ1n) is 15.2. The summed E-state index contributed by atoms with van der Waals surface area (Å²) in [7, 11) is 0. The molecule has 2 aliphatic carbocycles. The molecule has 2 aromatic carbocycles. The summed E-state index contributed by atoms with van der Waals surface area (Å²) in [4.78, 5) is 68.5. The van der Waals surface area contributed by atoms with Gasteiger partial charge in [0.1, 0.15) is 5.75 Å². The Balaban J connectivity index is 1.18. The number of ether oxygens (including phenoxy) is 1. The third kappa shape index (κ3) is 5.74. The minimum atomic E-state index is -4.57. The molecule has 10 nitrogen and oxygen atoms in total. The highest BCUT2D eigenvalue weighted by atomic mass is 79.9. The Labute approximate surface area is 287 Å². The van der Waals surface area contributed by atoms with Crippen molar-refractivity contribution < 1.29 is 42.2 Å². The van der Waals surface area contributed by atoms with E-state index in [9.17, 15) is 37.1 Å². The second kappa shape index (κ2) is 12.4. The summed E-state index contributed by atoms with van der Waals surface area (Å²) in [5.41, 5.74) is -0.267. The fourth-order valence-corrected chi connectivity index (χ4v) is 11.3. The number of likely N-dealkylation sites (tertiary alicyclic amines) is 1. The van der Waals surface area contributed by atoms with E-state index in [1.54, 1.807) is 12.1 Å². The van der Waals surface area contributed by atoms with E-state index in [1.807, 2.05) is 6.07 Å². The molecule has 1 saturated heterocycles. The van der Waals surface area contributed by atoms with E-state index in [-0.39, 0.29) is 64.8 Å². The summed E-state index contributed by atoms with van der Waals surface area (Å²) >= 11 is 6.11. The van der Waals surface area contributed by atoms with Gasteiger partial charge >= 0.3 is 17.0 Å². The Morgan fingerprint density at radius 2 is 1.83 bits per heavy atom. The number of fused-ring (bicyclic) bond motifs is 9. The van der Waals surface area contributed by atoms with Gasteiger partial charge in [-0.1, -0.05) is 33.3 Å². The molecule has 16 heteroatoms. The van der Waals surface area contributed by atoms with E-state index in [1.165, 1.54) is 28.8 Å². The van der Waals surface area contributed by atoms with Crippen LogP contribution in [0.25, 0.3) is 0 Å². The number of rotatable bonds is 9. The second-order valence-electron chi connectivity index (χ2n) is 12.4. The number of hydrogen-bond acceptors (Lipinski definition) is 8. The van der Waals surface area contributed by atoms with E-state index in [2.05, 4.69) is 26.2 Å². The first kappa shape index (κ1) is 32.9. The van der Waals surface area contributed by atoms with Gasteiger partial charge in [0.25, 0.3) is 5.91 Å². The maximum absolute atomic E-state index is 13.7. The van der Waals surface area contributed by atoms with Gasteiger partial charge < -0.3 is 20.1 Å². The molecule has 7 rings (SSSR count). The van der Waals surface area contributed by atoms with Crippen LogP contribution in [0.3, 0.4) is 0 Å². The van der Waals surface area contributed by atoms with Gasteiger partial charge in [0.2, 0.25) is 11.8 Å². The van der Waals surface area contributed by atoms with Crippen molar-refractivity contribution >= 4 is 68.4 Å². The van der Waals surface area contributed by atoms with E-state index < -0.39 is 48.0 Å². The molecule has 1 aromatic heterocycles. The Morgan fingerprint density at radius 3 is 2.56 bits per heavy atom. The van der Waals surface area contributed by atoms with Crippen molar-refractivity contribution in [3.8, 4) is 5.75 Å². The number of imide groups is 1. The fourth-order valence-electron chi connectivity index (χ4n) is 8.04. The number of nitrogens with zero attached hydrogens (tertiary/aromatic N) is 1. The number of anilines is 1. The van der Waals surface area contributed by atoms with Crippen molar-refractivity contribution in [1.29, 1.82) is 0 Å². The first-order chi connectivity index (χ1) is 22.8. The molecule has 4 aliphatic rings. The third-order valence-electron chi connectivity index (χ3n) is 9.73. The maximum atomic E-state index is 13.7. The summed E-state index contributed by atoms with van der Waals surface area (Å²) in [5, 5.41) is 12.1. The van der Waals surface area contributed by atoms with Crippen molar-refractivity contribution in [3.05, 3.63) is 72.6 Å². The number of benzene rings is 2. The van der Waals surface area contributed by atoms with Gasteiger partial charge in [-0.25, -0.2) is 0 Å². The van der Waals surface area contributed by atoms with Crippen LogP contribution in [0.15, 0.2) is 56.8 Å². The van der Waals surface area contributed by atoms with Gasteiger partial charge in [-0.3, -0.25) is 28.9 Å². The number of aromatic amines is 1. The zero-order valence-corrected chi connectivity index (χ0v) is 28.0. The lowest BCUT2D eigenvalue weighted by molar-refractivity contribution is -0.143. The molecular formula is C32H27BrF3N3O7S2. The number of aromatic nitrogens is 1. The Morgan fingerprint density at radius 1 is 1.08 bits per heavy atom. The molecule has 3 amide bonds. The predicted octanol–water partition coefficient (Wildman–Crippen LogP) is 5.57. The number of aliphatic carboxylic acids is 1. The van der Waals surface area contributed by atoms with Gasteiger partial charge in [0.05, 0.1) is 22.4 Å². The maximum Gasteiger partial charge on any atom is 0.416 e. The molecule has 3 heterocycles. The molecule has 0 radical (unpaired) electrons. The van der Waals surface area contributed by atoms with Crippen LogP contribution < -0.4 is 14.9 Å². The number of halogens is 4. The average molecular weight is 767 g/mol. The normalized spacial score (nSPS) is 27.1. The van der Waals surface area contributed by atoms with Crippen LogP contribution in [0.4, 0.5) is 18.9 Å². The smallest absolute Gasteiger partial charge is 0.416 e. The molecule has 252 valence electrons. The molecule has 0 spiro atoms. The standard InChI is InChI=1S/C32H27BrF3N3O7S2/c33-14-6-7-19(46-12-20(40)37-15-4-1-3-13(9-15)32(34,35)36)16(10-14)22-23-17-11-18(26(23)47-28-27(22)48-31(45)38-28)25-24(17)29(43)39(30(25)44)8-2-5-21(41)42/h1,3-4,6-7,9-10,17-18,22-26H,2,5,8,11-12H2,(H,37,40)(H,38,45)(H,41,42)/t17?,18?,22-,23?,24?,25?,26?/m1/s1. The third-order valence-corrected chi connectivity index (χ3v) is 12.8. The molecule has 7 atom stereocenters. The number of carbonyl (C=O) groups excluding carboxylic acids is 3. The lowest BCUT2D eigenvalue weighted by atomic mass is 9.68. The van der Waals surface area contributed by atoms with Gasteiger partial charge in [0, 0.05) is 44.7 Å². The van der Waals surface area contributed by atoms with Gasteiger partial charge in [-0.2, -0.15) is 13.2 Å². The molecule has 2 aliphatic heterocycles. The van der Waals surface area contributed by atoms with Crippen LogP contribution in [0.5, 0.6) is 5.75 Å². The monoisotopic (exact) mass is 765 g/mol. The summed E-state index contributed by atoms with van der Waals surface area (Å²) in [6.07, 6.45) is -3.90.